The van der Waals surface area contributed by atoms with E-state index < -0.39 is 0 Å². The molecule has 0 bridgehead atoms. The van der Waals surface area contributed by atoms with Crippen molar-refractivity contribution in [3.8, 4) is 17.0 Å². The first-order valence-electron chi connectivity index (χ1n) is 8.76. The molecule has 2 aromatic heterocycles. The summed E-state index contributed by atoms with van der Waals surface area (Å²) in [6.45, 7) is 8.02. The second-order valence-corrected chi connectivity index (χ2v) is 7.21. The zero-order valence-electron chi connectivity index (χ0n) is 15.9. The number of nitrogens with zero attached hydrogens (tertiary/aromatic N) is 4. The summed E-state index contributed by atoms with van der Waals surface area (Å²) in [6.07, 6.45) is 1.43. The van der Waals surface area contributed by atoms with Crippen molar-refractivity contribution in [3.05, 3.63) is 47.0 Å². The number of carbonyl (C=O) groups excluding carboxylic acids is 1. The molecule has 3 rings (SSSR count). The van der Waals surface area contributed by atoms with Crippen LogP contribution in [-0.4, -0.2) is 37.4 Å². The minimum Gasteiger partial charge on any atom is -0.494 e. The summed E-state index contributed by atoms with van der Waals surface area (Å²) in [6, 6.07) is 9.18. The van der Waals surface area contributed by atoms with Gasteiger partial charge in [0, 0.05) is 11.1 Å². The third-order valence-corrected chi connectivity index (χ3v) is 3.76. The van der Waals surface area contributed by atoms with Gasteiger partial charge in [0.1, 0.15) is 24.1 Å². The predicted octanol–water partition coefficient (Wildman–Crippen LogP) is 1.87. The maximum atomic E-state index is 12.7. The average molecular weight is 369 g/mol. The molecule has 8 nitrogen and oxygen atoms in total. The van der Waals surface area contributed by atoms with Gasteiger partial charge in [-0.1, -0.05) is 0 Å². The van der Waals surface area contributed by atoms with Gasteiger partial charge in [0.05, 0.1) is 12.3 Å². The van der Waals surface area contributed by atoms with Crippen LogP contribution in [0.3, 0.4) is 0 Å². The molecule has 27 heavy (non-hydrogen) atoms. The Bertz CT molecular complexity index is 1010. The number of carbonyl (C=O) groups is 1. The van der Waals surface area contributed by atoms with Gasteiger partial charge in [0.15, 0.2) is 0 Å². The maximum absolute atomic E-state index is 12.7. The van der Waals surface area contributed by atoms with E-state index in [1.165, 1.54) is 10.8 Å². The molecule has 3 aromatic rings. The Hall–Kier alpha value is -3.16. The Morgan fingerprint density at radius 1 is 1.22 bits per heavy atom. The summed E-state index contributed by atoms with van der Waals surface area (Å²) in [5, 5.41) is 11.3. The molecule has 0 aliphatic rings. The van der Waals surface area contributed by atoms with Crippen molar-refractivity contribution in [2.45, 2.75) is 39.8 Å². The van der Waals surface area contributed by atoms with Crippen LogP contribution in [0.1, 0.15) is 27.7 Å². The third-order valence-electron chi connectivity index (χ3n) is 3.76. The zero-order chi connectivity index (χ0) is 19.6. The van der Waals surface area contributed by atoms with Gasteiger partial charge in [-0.25, -0.2) is 9.20 Å². The molecule has 0 radical (unpaired) electrons. The summed E-state index contributed by atoms with van der Waals surface area (Å²) in [5.74, 6) is 0.506. The smallest absolute Gasteiger partial charge is 0.293 e. The molecule has 1 N–H and O–H groups in total. The van der Waals surface area contributed by atoms with Crippen LogP contribution in [0.25, 0.3) is 16.8 Å². The number of ether oxygens (including phenoxy) is 1. The van der Waals surface area contributed by atoms with Crippen LogP contribution < -0.4 is 15.6 Å². The monoisotopic (exact) mass is 369 g/mol. The Kier molecular flexibility index (Phi) is 4.98. The fourth-order valence-electron chi connectivity index (χ4n) is 2.67. The minimum absolute atomic E-state index is 0.143. The Balaban J connectivity index is 1.88. The Morgan fingerprint density at radius 2 is 1.93 bits per heavy atom. The first-order chi connectivity index (χ1) is 12.8. The second kappa shape index (κ2) is 7.22. The van der Waals surface area contributed by atoms with Crippen LogP contribution in [0.4, 0.5) is 0 Å². The van der Waals surface area contributed by atoms with E-state index in [9.17, 15) is 9.59 Å². The van der Waals surface area contributed by atoms with Crippen LogP contribution in [0.2, 0.25) is 0 Å². The third kappa shape index (κ3) is 4.33. The maximum Gasteiger partial charge on any atom is 0.293 e. The lowest BCUT2D eigenvalue weighted by Gasteiger charge is -2.20. The van der Waals surface area contributed by atoms with E-state index in [1.807, 2.05) is 52.0 Å². The topological polar surface area (TPSA) is 90.5 Å². The molecule has 1 aromatic carbocycles. The van der Waals surface area contributed by atoms with Gasteiger partial charge in [-0.15, -0.1) is 0 Å². The van der Waals surface area contributed by atoms with Crippen molar-refractivity contribution >= 4 is 11.4 Å². The molecule has 8 heteroatoms. The van der Waals surface area contributed by atoms with E-state index in [1.54, 1.807) is 6.07 Å². The molecule has 0 atom stereocenters. The van der Waals surface area contributed by atoms with E-state index in [4.69, 9.17) is 4.74 Å². The molecular weight excluding hydrogens is 346 g/mol. The lowest BCUT2D eigenvalue weighted by molar-refractivity contribution is -0.123. The van der Waals surface area contributed by atoms with E-state index in [-0.39, 0.29) is 23.6 Å². The highest BCUT2D eigenvalue weighted by atomic mass is 16.5. The lowest BCUT2D eigenvalue weighted by Crippen LogP contribution is -2.44. The molecule has 142 valence electrons. The van der Waals surface area contributed by atoms with Crippen LogP contribution in [-0.2, 0) is 11.3 Å². The van der Waals surface area contributed by atoms with E-state index >= 15 is 0 Å². The van der Waals surface area contributed by atoms with Crippen molar-refractivity contribution in [3.63, 3.8) is 0 Å². The highest BCUT2D eigenvalue weighted by Crippen LogP contribution is 2.21. The summed E-state index contributed by atoms with van der Waals surface area (Å²) in [4.78, 5) is 24.7. The number of nitrogens with one attached hydrogen (secondary N) is 1. The first kappa shape index (κ1) is 18.6. The zero-order valence-corrected chi connectivity index (χ0v) is 15.9. The number of aromatic nitrogens is 4. The Labute approximate surface area is 156 Å². The number of fused-ring (bicyclic) bond motifs is 1. The van der Waals surface area contributed by atoms with Gasteiger partial charge in [0.2, 0.25) is 5.91 Å². The number of benzene rings is 1. The summed E-state index contributed by atoms with van der Waals surface area (Å²) in [5.41, 5.74) is 1.12. The quantitative estimate of drug-likeness (QED) is 0.741. The number of hydrogen-bond donors (Lipinski definition) is 1. The molecule has 0 unspecified atom stereocenters. The number of amides is 1. The van der Waals surface area contributed by atoms with Gasteiger partial charge in [0.25, 0.3) is 5.56 Å². The molecule has 0 spiro atoms. The van der Waals surface area contributed by atoms with Gasteiger partial charge >= 0.3 is 0 Å². The van der Waals surface area contributed by atoms with Crippen LogP contribution in [0, 0.1) is 0 Å². The SMILES string of the molecule is CCOc1ccc(-c2cc3c(=O)n(CC(=O)NC(C)(C)C)ncn3n2)cc1. The average Bonchev–Trinajstić information content (AvgIpc) is 3.02. The predicted molar refractivity (Wildman–Crippen MR) is 102 cm³/mol. The molecule has 0 saturated carbocycles. The van der Waals surface area contributed by atoms with Gasteiger partial charge in [-0.2, -0.15) is 10.2 Å². The van der Waals surface area contributed by atoms with Gasteiger partial charge in [-0.05, 0) is 58.0 Å². The van der Waals surface area contributed by atoms with Crippen LogP contribution >= 0.6 is 0 Å². The van der Waals surface area contributed by atoms with Crippen molar-refractivity contribution < 1.29 is 9.53 Å². The van der Waals surface area contributed by atoms with E-state index in [2.05, 4.69) is 15.5 Å². The molecule has 0 aliphatic heterocycles. The lowest BCUT2D eigenvalue weighted by atomic mass is 10.1. The van der Waals surface area contributed by atoms with Gasteiger partial charge < -0.3 is 10.1 Å². The van der Waals surface area contributed by atoms with E-state index in [0.717, 1.165) is 16.0 Å². The van der Waals surface area contributed by atoms with Gasteiger partial charge in [-0.3, -0.25) is 9.59 Å². The summed E-state index contributed by atoms with van der Waals surface area (Å²) in [7, 11) is 0. The van der Waals surface area contributed by atoms with Crippen molar-refractivity contribution in [2.75, 3.05) is 6.61 Å². The fraction of sp³-hybridized carbons (Fsp3) is 0.368. The van der Waals surface area contributed by atoms with Crippen LogP contribution in [0.5, 0.6) is 5.75 Å². The van der Waals surface area contributed by atoms with Crippen molar-refractivity contribution in [2.24, 2.45) is 0 Å². The highest BCUT2D eigenvalue weighted by Gasteiger charge is 2.16. The summed E-state index contributed by atoms with van der Waals surface area (Å²) < 4.78 is 8.00. The van der Waals surface area contributed by atoms with E-state index in [0.29, 0.717) is 17.8 Å². The number of hydrogen-bond acceptors (Lipinski definition) is 5. The molecule has 0 saturated heterocycles. The Morgan fingerprint density at radius 3 is 2.56 bits per heavy atom. The highest BCUT2D eigenvalue weighted by molar-refractivity contribution is 5.76. The molecule has 2 heterocycles. The second-order valence-electron chi connectivity index (χ2n) is 7.21. The summed E-state index contributed by atoms with van der Waals surface area (Å²) >= 11 is 0. The fourth-order valence-corrected chi connectivity index (χ4v) is 2.67. The number of rotatable bonds is 5. The van der Waals surface area contributed by atoms with Crippen molar-refractivity contribution in [1.29, 1.82) is 0 Å². The normalized spacial score (nSPS) is 11.6. The molecular formula is C19H23N5O3. The largest absolute Gasteiger partial charge is 0.494 e. The first-order valence-corrected chi connectivity index (χ1v) is 8.76. The molecule has 1 amide bonds. The minimum atomic E-state index is -0.373. The molecule has 0 fully saturated rings. The van der Waals surface area contributed by atoms with Crippen molar-refractivity contribution in [1.82, 2.24) is 24.7 Å². The molecule has 0 aliphatic carbocycles. The van der Waals surface area contributed by atoms with Crippen LogP contribution in [0.15, 0.2) is 41.5 Å². The standard InChI is InChI=1S/C19H23N5O3/c1-5-27-14-8-6-13(7-9-14)15-10-16-18(26)23(20-12-24(16)22-15)11-17(25)21-19(2,3)4/h6-10,12H,5,11H2,1-4H3,(H,21,25).